The van der Waals surface area contributed by atoms with Gasteiger partial charge in [0.05, 0.1) is 6.21 Å². The molecule has 0 bridgehead atoms. The van der Waals surface area contributed by atoms with Gasteiger partial charge >= 0.3 is 0 Å². The Labute approximate surface area is 107 Å². The normalized spacial score (nSPS) is 34.2. The number of hydrogen-bond acceptors (Lipinski definition) is 6. The Morgan fingerprint density at radius 3 is 3.06 bits per heavy atom. The maximum atomic E-state index is 6.52. The Morgan fingerprint density at radius 2 is 2.28 bits per heavy atom. The smallest absolute Gasteiger partial charge is 0.247 e. The topological polar surface area (TPSA) is 69.2 Å². The van der Waals surface area contributed by atoms with Gasteiger partial charge in [0.1, 0.15) is 0 Å². The highest BCUT2D eigenvalue weighted by molar-refractivity contribution is 6.30. The molecule has 0 saturated carbocycles. The molecule has 1 fully saturated rings. The summed E-state index contributed by atoms with van der Waals surface area (Å²) < 4.78 is 0. The third kappa shape index (κ3) is 1.72. The van der Waals surface area contributed by atoms with E-state index >= 15 is 0 Å². The minimum Gasteiger partial charge on any atom is -0.278 e. The Morgan fingerprint density at radius 1 is 1.44 bits per heavy atom. The molecule has 3 heterocycles. The van der Waals surface area contributed by atoms with E-state index in [2.05, 4.69) is 34.3 Å². The second-order valence-electron chi connectivity index (χ2n) is 5.94. The van der Waals surface area contributed by atoms with Crippen LogP contribution in [0.1, 0.15) is 26.7 Å². The van der Waals surface area contributed by atoms with Crippen molar-refractivity contribution in [2.75, 3.05) is 13.1 Å². The van der Waals surface area contributed by atoms with Gasteiger partial charge in [0.2, 0.25) is 5.91 Å². The Bertz CT molecular complexity index is 438. The molecule has 1 saturated heterocycles. The molecule has 3 aliphatic rings. The average molecular weight is 248 g/mol. The van der Waals surface area contributed by atoms with Crippen molar-refractivity contribution >= 4 is 12.1 Å². The van der Waals surface area contributed by atoms with Crippen LogP contribution in [0.3, 0.4) is 0 Å². The number of nitrogens with one attached hydrogen (secondary N) is 1. The zero-order valence-electron chi connectivity index (χ0n) is 10.9. The highest BCUT2D eigenvalue weighted by Gasteiger charge is 2.46. The zero-order chi connectivity index (χ0) is 12.8. The third-order valence-electron chi connectivity index (χ3n) is 3.82. The van der Waals surface area contributed by atoms with Gasteiger partial charge in [0, 0.05) is 25.5 Å². The fourth-order valence-corrected chi connectivity index (χ4v) is 2.86. The lowest BCUT2D eigenvalue weighted by molar-refractivity contribution is -0.0511. The van der Waals surface area contributed by atoms with Gasteiger partial charge in [-0.25, -0.2) is 4.90 Å². The number of fused-ring (bicyclic) bond motifs is 1. The second kappa shape index (κ2) is 3.80. The molecule has 3 aliphatic heterocycles. The van der Waals surface area contributed by atoms with Crippen LogP contribution in [0.2, 0.25) is 0 Å². The van der Waals surface area contributed by atoms with E-state index in [0.29, 0.717) is 5.41 Å². The molecular formula is C12H20N6. The number of hydrogen-bond donors (Lipinski definition) is 2. The molecular weight excluding hydrogens is 228 g/mol. The first-order valence-corrected chi connectivity index (χ1v) is 6.39. The largest absolute Gasteiger partial charge is 0.278 e. The summed E-state index contributed by atoms with van der Waals surface area (Å²) in [6, 6.07) is 0. The van der Waals surface area contributed by atoms with E-state index in [4.69, 9.17) is 5.73 Å². The molecule has 0 amide bonds. The number of rotatable bonds is 1. The maximum Gasteiger partial charge on any atom is 0.247 e. The predicted molar refractivity (Wildman–Crippen MR) is 71.5 cm³/mol. The molecule has 6 heteroatoms. The van der Waals surface area contributed by atoms with Crippen molar-refractivity contribution in [3.05, 3.63) is 12.4 Å². The standard InChI is InChI=1S/C12H20N6/c1-11(2)4-3-6-17(9-11)12(13)16-15-10-8-14-5-7-18(10)12/h5,7-8,16H,3-4,6,9,13H2,1-2H3. The molecule has 0 spiro atoms. The first-order chi connectivity index (χ1) is 8.51. The van der Waals surface area contributed by atoms with Crippen molar-refractivity contribution in [1.82, 2.24) is 15.2 Å². The summed E-state index contributed by atoms with van der Waals surface area (Å²) >= 11 is 0. The van der Waals surface area contributed by atoms with Crippen LogP contribution in [0.25, 0.3) is 0 Å². The highest BCUT2D eigenvalue weighted by Crippen LogP contribution is 2.32. The van der Waals surface area contributed by atoms with Crippen molar-refractivity contribution in [2.45, 2.75) is 32.6 Å². The predicted octanol–water partition coefficient (Wildman–Crippen LogP) is 0.453. The lowest BCUT2D eigenvalue weighted by Gasteiger charge is -2.48. The Balaban J connectivity index is 1.84. The minimum atomic E-state index is -0.754. The van der Waals surface area contributed by atoms with Crippen LogP contribution in [0.15, 0.2) is 22.5 Å². The molecule has 0 aromatic rings. The number of aliphatic imine (C=N–C) groups is 1. The first kappa shape index (κ1) is 11.7. The molecule has 0 aliphatic carbocycles. The number of likely N-dealkylation sites (tertiary alicyclic amines) is 1. The molecule has 0 aromatic carbocycles. The molecule has 0 radical (unpaired) electrons. The van der Waals surface area contributed by atoms with Crippen LogP contribution in [0.5, 0.6) is 0 Å². The van der Waals surface area contributed by atoms with Crippen molar-refractivity contribution in [2.24, 2.45) is 21.2 Å². The zero-order valence-corrected chi connectivity index (χ0v) is 10.9. The maximum absolute atomic E-state index is 6.52. The lowest BCUT2D eigenvalue weighted by atomic mass is 9.84. The van der Waals surface area contributed by atoms with E-state index in [0.717, 1.165) is 25.3 Å². The third-order valence-corrected chi connectivity index (χ3v) is 3.82. The molecule has 98 valence electrons. The van der Waals surface area contributed by atoms with E-state index < -0.39 is 5.91 Å². The quantitative estimate of drug-likeness (QED) is 0.707. The van der Waals surface area contributed by atoms with Gasteiger partial charge in [-0.05, 0) is 18.3 Å². The first-order valence-electron chi connectivity index (χ1n) is 6.39. The summed E-state index contributed by atoms with van der Waals surface area (Å²) in [5.74, 6) is 0.0130. The number of amidine groups is 1. The van der Waals surface area contributed by atoms with Crippen LogP contribution in [0, 0.1) is 5.41 Å². The van der Waals surface area contributed by atoms with Gasteiger partial charge < -0.3 is 0 Å². The summed E-state index contributed by atoms with van der Waals surface area (Å²) in [4.78, 5) is 8.27. The van der Waals surface area contributed by atoms with Crippen molar-refractivity contribution < 1.29 is 0 Å². The summed E-state index contributed by atoms with van der Waals surface area (Å²) in [6.45, 7) is 6.51. The fourth-order valence-electron chi connectivity index (χ4n) is 2.86. The number of nitrogens with two attached hydrogens (primary N) is 1. The SMILES string of the molecule is CC1(C)CCCN(C2(N)NN=C3C=NC=CN32)C1. The van der Waals surface area contributed by atoms with E-state index in [9.17, 15) is 0 Å². The van der Waals surface area contributed by atoms with Crippen molar-refractivity contribution in [3.8, 4) is 0 Å². The van der Waals surface area contributed by atoms with Crippen LogP contribution in [0.4, 0.5) is 0 Å². The lowest BCUT2D eigenvalue weighted by Crippen LogP contribution is -2.72. The number of piperidine rings is 1. The van der Waals surface area contributed by atoms with E-state index in [-0.39, 0.29) is 0 Å². The van der Waals surface area contributed by atoms with Crippen LogP contribution < -0.4 is 11.2 Å². The minimum absolute atomic E-state index is 0.294. The van der Waals surface area contributed by atoms with Crippen LogP contribution in [-0.2, 0) is 0 Å². The fraction of sp³-hybridized carbons (Fsp3) is 0.667. The van der Waals surface area contributed by atoms with Gasteiger partial charge in [-0.3, -0.25) is 21.1 Å². The summed E-state index contributed by atoms with van der Waals surface area (Å²) in [6.07, 6.45) is 7.74. The van der Waals surface area contributed by atoms with E-state index in [1.165, 1.54) is 6.42 Å². The average Bonchev–Trinajstić information content (AvgIpc) is 2.68. The summed E-state index contributed by atoms with van der Waals surface area (Å²) in [7, 11) is 0. The van der Waals surface area contributed by atoms with Crippen molar-refractivity contribution in [3.63, 3.8) is 0 Å². The monoisotopic (exact) mass is 248 g/mol. The van der Waals surface area contributed by atoms with Gasteiger partial charge in [-0.1, -0.05) is 13.8 Å². The molecule has 3 N–H and O–H groups in total. The molecule has 18 heavy (non-hydrogen) atoms. The Kier molecular flexibility index (Phi) is 2.46. The summed E-state index contributed by atoms with van der Waals surface area (Å²) in [5.41, 5.74) is 9.87. The van der Waals surface area contributed by atoms with Gasteiger partial charge in [-0.15, -0.1) is 0 Å². The Hall–Kier alpha value is -1.40. The van der Waals surface area contributed by atoms with Crippen LogP contribution in [-0.4, -0.2) is 40.9 Å². The van der Waals surface area contributed by atoms with Crippen molar-refractivity contribution in [1.29, 1.82) is 0 Å². The van der Waals surface area contributed by atoms with E-state index in [1.807, 2.05) is 11.1 Å². The number of hydrazone groups is 1. The molecule has 0 aromatic heterocycles. The number of nitrogens with zero attached hydrogens (tertiary/aromatic N) is 4. The summed E-state index contributed by atoms with van der Waals surface area (Å²) in [5, 5.41) is 4.26. The molecule has 1 unspecified atom stereocenters. The van der Waals surface area contributed by atoms with Gasteiger partial charge in [-0.2, -0.15) is 5.10 Å². The van der Waals surface area contributed by atoms with Gasteiger partial charge in [0.25, 0.3) is 0 Å². The van der Waals surface area contributed by atoms with E-state index in [1.54, 1.807) is 12.4 Å². The highest BCUT2D eigenvalue weighted by atomic mass is 15.7. The van der Waals surface area contributed by atoms with Crippen LogP contribution >= 0.6 is 0 Å². The second-order valence-corrected chi connectivity index (χ2v) is 5.94. The molecule has 3 rings (SSSR count). The molecule has 1 atom stereocenters. The van der Waals surface area contributed by atoms with Gasteiger partial charge in [0.15, 0.2) is 5.84 Å². The molecule has 6 nitrogen and oxygen atoms in total.